The van der Waals surface area contributed by atoms with Gasteiger partial charge in [0.1, 0.15) is 6.10 Å². The van der Waals surface area contributed by atoms with Gasteiger partial charge in [-0.1, -0.05) is 0 Å². The summed E-state index contributed by atoms with van der Waals surface area (Å²) in [5, 5.41) is 55.9. The maximum atomic E-state index is 11.3. The number of nitro benzene ring substituents is 3. The quantitative estimate of drug-likeness (QED) is 0.448. The minimum absolute atomic E-state index is 0.176. The molecule has 28 heavy (non-hydrogen) atoms. The zero-order valence-electron chi connectivity index (χ0n) is 14.5. The minimum Gasteiger partial charge on any atom is -0.394 e. The maximum Gasteiger partial charge on any atom is 0.299 e. The number of hydrogen-bond acceptors (Lipinski definition) is 9. The lowest BCUT2D eigenvalue weighted by Crippen LogP contribution is -2.31. The van der Waals surface area contributed by atoms with Gasteiger partial charge in [0.15, 0.2) is 5.69 Å². The van der Waals surface area contributed by atoms with E-state index >= 15 is 0 Å². The summed E-state index contributed by atoms with van der Waals surface area (Å²) in [6, 6.07) is 5.80. The van der Waals surface area contributed by atoms with Gasteiger partial charge in [0.25, 0.3) is 17.1 Å². The summed E-state index contributed by atoms with van der Waals surface area (Å²) in [5.41, 5.74) is -1.37. The van der Waals surface area contributed by atoms with Crippen molar-refractivity contribution in [2.45, 2.75) is 19.1 Å². The zero-order valence-corrected chi connectivity index (χ0v) is 14.5. The summed E-state index contributed by atoms with van der Waals surface area (Å²) in [6.45, 7) is 0.735. The number of non-ortho nitro benzene ring substituents is 1. The van der Waals surface area contributed by atoms with E-state index in [1.165, 1.54) is 19.1 Å². The van der Waals surface area contributed by atoms with E-state index in [0.717, 1.165) is 24.3 Å². The molecule has 148 valence electrons. The highest BCUT2D eigenvalue weighted by Crippen LogP contribution is 2.37. The van der Waals surface area contributed by atoms with Crippen LogP contribution in [0.25, 0.3) is 0 Å². The lowest BCUT2D eigenvalue weighted by Gasteiger charge is -2.23. The Labute approximate surface area is 157 Å². The predicted octanol–water partition coefficient (Wildman–Crippen LogP) is 2.23. The second kappa shape index (κ2) is 8.37. The van der Waals surface area contributed by atoms with Crippen LogP contribution in [0.5, 0.6) is 0 Å². The molecule has 0 bridgehead atoms. The number of nitrogens with one attached hydrogen (secondary N) is 1. The SMILES string of the molecule is Cc1cc([N+](=O)[O-])c(NC(CO)C(O)c2ccc([N+](=O)[O-])cc2)c([N+](=O)[O-])c1. The molecular formula is C16H16N4O8. The average Bonchev–Trinajstić information content (AvgIpc) is 2.65. The molecule has 0 aliphatic heterocycles. The van der Waals surface area contributed by atoms with Gasteiger partial charge < -0.3 is 15.5 Å². The maximum absolute atomic E-state index is 11.3. The first-order valence-corrected chi connectivity index (χ1v) is 7.89. The molecule has 12 nitrogen and oxygen atoms in total. The second-order valence-electron chi connectivity index (χ2n) is 5.92. The first kappa shape index (κ1) is 20.7. The van der Waals surface area contributed by atoms with E-state index in [4.69, 9.17) is 0 Å². The third kappa shape index (κ3) is 4.36. The fourth-order valence-electron chi connectivity index (χ4n) is 2.62. The Morgan fingerprint density at radius 1 is 0.964 bits per heavy atom. The molecular weight excluding hydrogens is 376 g/mol. The molecule has 0 aliphatic rings. The Hall–Kier alpha value is -3.64. The minimum atomic E-state index is -1.45. The molecule has 2 rings (SSSR count). The molecule has 12 heteroatoms. The van der Waals surface area contributed by atoms with Crippen LogP contribution in [0, 0.1) is 37.3 Å². The van der Waals surface area contributed by atoms with Gasteiger partial charge in [-0.05, 0) is 30.2 Å². The van der Waals surface area contributed by atoms with Crippen molar-refractivity contribution in [2.24, 2.45) is 0 Å². The summed E-state index contributed by atoms with van der Waals surface area (Å²) in [5.74, 6) is 0. The molecule has 0 aliphatic carbocycles. The summed E-state index contributed by atoms with van der Waals surface area (Å²) >= 11 is 0. The van der Waals surface area contributed by atoms with E-state index in [9.17, 15) is 40.6 Å². The van der Waals surface area contributed by atoms with Crippen molar-refractivity contribution in [3.63, 3.8) is 0 Å². The number of aliphatic hydroxyl groups excluding tert-OH is 2. The van der Waals surface area contributed by atoms with Crippen LogP contribution in [0.15, 0.2) is 36.4 Å². The number of aryl methyl sites for hydroxylation is 1. The van der Waals surface area contributed by atoms with E-state index in [1.807, 2.05) is 0 Å². The highest BCUT2D eigenvalue weighted by atomic mass is 16.6. The molecule has 0 fully saturated rings. The first-order valence-electron chi connectivity index (χ1n) is 7.89. The topological polar surface area (TPSA) is 182 Å². The van der Waals surface area contributed by atoms with Crippen LogP contribution in [-0.2, 0) is 0 Å². The Morgan fingerprint density at radius 2 is 1.46 bits per heavy atom. The fourth-order valence-corrected chi connectivity index (χ4v) is 2.62. The normalized spacial score (nSPS) is 12.8. The third-order valence-corrected chi connectivity index (χ3v) is 3.99. The fraction of sp³-hybridized carbons (Fsp3) is 0.250. The first-order chi connectivity index (χ1) is 13.1. The Kier molecular flexibility index (Phi) is 6.18. The largest absolute Gasteiger partial charge is 0.394 e. The van der Waals surface area contributed by atoms with Gasteiger partial charge in [-0.15, -0.1) is 0 Å². The van der Waals surface area contributed by atoms with Gasteiger partial charge in [0.05, 0.1) is 27.4 Å². The van der Waals surface area contributed by atoms with E-state index in [-0.39, 0.29) is 11.3 Å². The lowest BCUT2D eigenvalue weighted by atomic mass is 10.0. The van der Waals surface area contributed by atoms with Crippen LogP contribution >= 0.6 is 0 Å². The number of anilines is 1. The van der Waals surface area contributed by atoms with Gasteiger partial charge in [-0.25, -0.2) is 0 Å². The molecule has 0 radical (unpaired) electrons. The molecule has 2 aromatic carbocycles. The molecule has 0 saturated carbocycles. The predicted molar refractivity (Wildman–Crippen MR) is 97.0 cm³/mol. The van der Waals surface area contributed by atoms with Crippen LogP contribution in [0.4, 0.5) is 22.7 Å². The molecule has 2 unspecified atom stereocenters. The lowest BCUT2D eigenvalue weighted by molar-refractivity contribution is -0.392. The Bertz CT molecular complexity index is 880. The highest BCUT2D eigenvalue weighted by Gasteiger charge is 2.30. The number of aliphatic hydroxyl groups is 2. The number of nitro groups is 3. The Morgan fingerprint density at radius 3 is 1.86 bits per heavy atom. The second-order valence-corrected chi connectivity index (χ2v) is 5.92. The summed E-state index contributed by atoms with van der Waals surface area (Å²) in [4.78, 5) is 31.1. The van der Waals surface area contributed by atoms with Crippen molar-refractivity contribution in [1.29, 1.82) is 0 Å². The van der Waals surface area contributed by atoms with Crippen LogP contribution in [-0.4, -0.2) is 37.6 Å². The molecule has 3 N–H and O–H groups in total. The molecule has 0 heterocycles. The van der Waals surface area contributed by atoms with Gasteiger partial charge in [0, 0.05) is 24.3 Å². The van der Waals surface area contributed by atoms with Crippen LogP contribution in [0.2, 0.25) is 0 Å². The standard InChI is InChI=1S/C16H16N4O8/c1-9-6-13(19(25)26)15(14(7-9)20(27)28)17-12(8-21)16(22)10-2-4-11(5-3-10)18(23)24/h2-7,12,16-17,21-22H,8H2,1H3. The van der Waals surface area contributed by atoms with Crippen molar-refractivity contribution in [2.75, 3.05) is 11.9 Å². The molecule has 0 spiro atoms. The third-order valence-electron chi connectivity index (χ3n) is 3.99. The number of nitrogens with zero attached hydrogens (tertiary/aromatic N) is 3. The van der Waals surface area contributed by atoms with Gasteiger partial charge in [-0.2, -0.15) is 0 Å². The van der Waals surface area contributed by atoms with Crippen molar-refractivity contribution >= 4 is 22.7 Å². The monoisotopic (exact) mass is 392 g/mol. The molecule has 2 aromatic rings. The van der Waals surface area contributed by atoms with Gasteiger partial charge >= 0.3 is 0 Å². The van der Waals surface area contributed by atoms with E-state index in [1.54, 1.807) is 0 Å². The van der Waals surface area contributed by atoms with Gasteiger partial charge in [0.2, 0.25) is 0 Å². The number of rotatable bonds is 8. The van der Waals surface area contributed by atoms with Crippen LogP contribution in [0.3, 0.4) is 0 Å². The van der Waals surface area contributed by atoms with Crippen molar-refractivity contribution in [3.8, 4) is 0 Å². The van der Waals surface area contributed by atoms with Crippen molar-refractivity contribution in [1.82, 2.24) is 0 Å². The number of hydrogen-bond donors (Lipinski definition) is 3. The van der Waals surface area contributed by atoms with E-state index < -0.39 is 50.6 Å². The Balaban J connectivity index is 2.42. The van der Waals surface area contributed by atoms with Crippen LogP contribution in [0.1, 0.15) is 17.2 Å². The zero-order chi connectivity index (χ0) is 21.0. The summed E-state index contributed by atoms with van der Waals surface area (Å²) in [7, 11) is 0. The van der Waals surface area contributed by atoms with Crippen molar-refractivity contribution in [3.05, 3.63) is 77.9 Å². The molecule has 0 amide bonds. The van der Waals surface area contributed by atoms with Gasteiger partial charge in [-0.3, -0.25) is 30.3 Å². The smallest absolute Gasteiger partial charge is 0.299 e. The molecule has 0 aromatic heterocycles. The molecule has 0 saturated heterocycles. The summed E-state index contributed by atoms with van der Waals surface area (Å²) < 4.78 is 0. The highest BCUT2D eigenvalue weighted by molar-refractivity contribution is 5.75. The van der Waals surface area contributed by atoms with E-state index in [0.29, 0.717) is 5.56 Å². The van der Waals surface area contributed by atoms with E-state index in [2.05, 4.69) is 5.32 Å². The summed E-state index contributed by atoms with van der Waals surface area (Å²) in [6.07, 6.45) is -1.45. The average molecular weight is 392 g/mol. The van der Waals surface area contributed by atoms with Crippen LogP contribution < -0.4 is 5.32 Å². The molecule has 2 atom stereocenters. The van der Waals surface area contributed by atoms with Crippen molar-refractivity contribution < 1.29 is 25.0 Å². The number of benzene rings is 2.